The Kier molecular flexibility index (Phi) is 5.41. The monoisotopic (exact) mass is 403 g/mol. The number of esters is 1. The summed E-state index contributed by atoms with van der Waals surface area (Å²) in [6.07, 6.45) is 1.22. The van der Waals surface area contributed by atoms with Gasteiger partial charge in [0, 0.05) is 51.4 Å². The standard InChI is InChI=1S/C19H19F2N5O3/c1-11(27)24-3-5-25(6-4-24)17-14(20)7-13(8-15(17)21)26-10-12(9-22)16(23)18(26)19(28)29-2/h7-8,10H,3-6,23H2,1-2H3. The van der Waals surface area contributed by atoms with Crippen LogP contribution < -0.4 is 10.6 Å². The van der Waals surface area contributed by atoms with Crippen LogP contribution in [0, 0.1) is 23.0 Å². The number of hydrogen-bond acceptors (Lipinski definition) is 6. The molecule has 3 rings (SSSR count). The summed E-state index contributed by atoms with van der Waals surface area (Å²) in [6, 6.07) is 3.95. The van der Waals surface area contributed by atoms with Crippen LogP contribution in [0.25, 0.3) is 5.69 Å². The fourth-order valence-electron chi connectivity index (χ4n) is 3.36. The second-order valence-electron chi connectivity index (χ2n) is 6.53. The molecule has 1 saturated heterocycles. The van der Waals surface area contributed by atoms with Crippen molar-refractivity contribution in [3.8, 4) is 11.8 Å². The number of carbonyl (C=O) groups is 2. The van der Waals surface area contributed by atoms with Crippen LogP contribution in [-0.4, -0.2) is 54.6 Å². The number of benzene rings is 1. The summed E-state index contributed by atoms with van der Waals surface area (Å²) in [4.78, 5) is 26.6. The number of ether oxygens (including phenoxy) is 1. The number of nitrogens with two attached hydrogens (primary N) is 1. The van der Waals surface area contributed by atoms with Gasteiger partial charge in [-0.15, -0.1) is 0 Å². The predicted molar refractivity (Wildman–Crippen MR) is 101 cm³/mol. The maximum absolute atomic E-state index is 14.9. The number of nitrogen functional groups attached to an aromatic ring is 1. The average molecular weight is 403 g/mol. The number of methoxy groups -OCH3 is 1. The molecule has 0 bridgehead atoms. The molecule has 2 heterocycles. The van der Waals surface area contributed by atoms with Crippen molar-refractivity contribution < 1.29 is 23.1 Å². The number of hydrogen-bond donors (Lipinski definition) is 1. The topological polar surface area (TPSA) is 105 Å². The van der Waals surface area contributed by atoms with Crippen LogP contribution in [0.15, 0.2) is 18.3 Å². The minimum Gasteiger partial charge on any atom is -0.464 e. The van der Waals surface area contributed by atoms with Crippen molar-refractivity contribution in [2.75, 3.05) is 43.9 Å². The van der Waals surface area contributed by atoms with Gasteiger partial charge in [0.05, 0.1) is 24.0 Å². The Hall–Kier alpha value is -3.61. The Balaban J connectivity index is 2.00. The molecule has 2 N–H and O–H groups in total. The number of carbonyl (C=O) groups excluding carboxylic acids is 2. The Bertz CT molecular complexity index is 997. The Morgan fingerprint density at radius 1 is 1.17 bits per heavy atom. The lowest BCUT2D eigenvalue weighted by Crippen LogP contribution is -2.48. The molecular formula is C19H19F2N5O3. The molecule has 0 spiro atoms. The van der Waals surface area contributed by atoms with Crippen molar-refractivity contribution in [2.24, 2.45) is 0 Å². The van der Waals surface area contributed by atoms with Gasteiger partial charge in [0.25, 0.3) is 0 Å². The van der Waals surface area contributed by atoms with Gasteiger partial charge in [0.15, 0.2) is 17.3 Å². The fourth-order valence-corrected chi connectivity index (χ4v) is 3.36. The van der Waals surface area contributed by atoms with Crippen LogP contribution in [0.2, 0.25) is 0 Å². The summed E-state index contributed by atoms with van der Waals surface area (Å²) < 4.78 is 35.5. The van der Waals surface area contributed by atoms with Gasteiger partial charge in [-0.3, -0.25) is 4.79 Å². The lowest BCUT2D eigenvalue weighted by molar-refractivity contribution is -0.129. The van der Waals surface area contributed by atoms with E-state index in [4.69, 9.17) is 11.0 Å². The van der Waals surface area contributed by atoms with Crippen molar-refractivity contribution in [1.29, 1.82) is 5.26 Å². The number of piperazine rings is 1. The van der Waals surface area contributed by atoms with E-state index in [0.29, 0.717) is 13.1 Å². The average Bonchev–Trinajstić information content (AvgIpc) is 3.03. The molecule has 0 radical (unpaired) electrons. The second-order valence-corrected chi connectivity index (χ2v) is 6.53. The Morgan fingerprint density at radius 3 is 2.24 bits per heavy atom. The molecule has 0 aliphatic carbocycles. The zero-order valence-corrected chi connectivity index (χ0v) is 15.9. The molecule has 1 amide bonds. The highest BCUT2D eigenvalue weighted by atomic mass is 19.1. The van der Waals surface area contributed by atoms with E-state index < -0.39 is 17.6 Å². The molecule has 152 valence electrons. The van der Waals surface area contributed by atoms with Crippen LogP contribution in [-0.2, 0) is 9.53 Å². The zero-order valence-electron chi connectivity index (χ0n) is 15.9. The van der Waals surface area contributed by atoms with E-state index in [1.165, 1.54) is 18.0 Å². The number of nitriles is 1. The highest BCUT2D eigenvalue weighted by Gasteiger charge is 2.26. The van der Waals surface area contributed by atoms with Gasteiger partial charge in [0.2, 0.25) is 5.91 Å². The third-order valence-corrected chi connectivity index (χ3v) is 4.86. The van der Waals surface area contributed by atoms with Gasteiger partial charge < -0.3 is 24.8 Å². The molecule has 1 aromatic carbocycles. The Labute approximate surface area is 165 Å². The largest absolute Gasteiger partial charge is 0.464 e. The van der Waals surface area contributed by atoms with E-state index >= 15 is 0 Å². The summed E-state index contributed by atoms with van der Waals surface area (Å²) in [5, 5.41) is 9.16. The molecule has 0 unspecified atom stereocenters. The molecule has 8 nitrogen and oxygen atoms in total. The molecule has 1 fully saturated rings. The van der Waals surface area contributed by atoms with Crippen LogP contribution in [0.1, 0.15) is 23.0 Å². The SMILES string of the molecule is COC(=O)c1c(N)c(C#N)cn1-c1cc(F)c(N2CCN(C(C)=O)CC2)c(F)c1. The Morgan fingerprint density at radius 2 is 1.76 bits per heavy atom. The number of amides is 1. The highest BCUT2D eigenvalue weighted by molar-refractivity contribution is 5.96. The van der Waals surface area contributed by atoms with Crippen molar-refractivity contribution in [3.63, 3.8) is 0 Å². The number of rotatable bonds is 3. The summed E-state index contributed by atoms with van der Waals surface area (Å²) in [7, 11) is 1.14. The summed E-state index contributed by atoms with van der Waals surface area (Å²) in [5.41, 5.74) is 5.25. The van der Waals surface area contributed by atoms with Gasteiger partial charge in [-0.2, -0.15) is 5.26 Å². The van der Waals surface area contributed by atoms with Crippen molar-refractivity contribution in [1.82, 2.24) is 9.47 Å². The quantitative estimate of drug-likeness (QED) is 0.782. The molecule has 0 atom stereocenters. The van der Waals surface area contributed by atoms with E-state index in [0.717, 1.165) is 23.8 Å². The molecule has 10 heteroatoms. The number of nitrogens with zero attached hydrogens (tertiary/aromatic N) is 4. The fraction of sp³-hybridized carbons (Fsp3) is 0.316. The first kappa shape index (κ1) is 20.1. The first-order chi connectivity index (χ1) is 13.8. The van der Waals surface area contributed by atoms with E-state index in [2.05, 4.69) is 4.74 Å². The molecule has 1 aromatic heterocycles. The van der Waals surface area contributed by atoms with Gasteiger partial charge in [-0.05, 0) is 0 Å². The predicted octanol–water partition coefficient (Wildman–Crippen LogP) is 1.66. The molecular weight excluding hydrogens is 384 g/mol. The van der Waals surface area contributed by atoms with Crippen LogP contribution >= 0.6 is 0 Å². The lowest BCUT2D eigenvalue weighted by Gasteiger charge is -2.36. The summed E-state index contributed by atoms with van der Waals surface area (Å²) in [5.74, 6) is -2.60. The molecule has 1 aliphatic heterocycles. The van der Waals surface area contributed by atoms with E-state index in [-0.39, 0.29) is 47.3 Å². The lowest BCUT2D eigenvalue weighted by atomic mass is 10.2. The molecule has 2 aromatic rings. The van der Waals surface area contributed by atoms with Gasteiger partial charge >= 0.3 is 5.97 Å². The van der Waals surface area contributed by atoms with Crippen LogP contribution in [0.5, 0.6) is 0 Å². The zero-order chi connectivity index (χ0) is 21.3. The van der Waals surface area contributed by atoms with Gasteiger partial charge in [-0.1, -0.05) is 0 Å². The van der Waals surface area contributed by atoms with E-state index in [9.17, 15) is 18.4 Å². The van der Waals surface area contributed by atoms with E-state index in [1.54, 1.807) is 4.90 Å². The second kappa shape index (κ2) is 7.79. The first-order valence-electron chi connectivity index (χ1n) is 8.77. The molecule has 29 heavy (non-hydrogen) atoms. The maximum Gasteiger partial charge on any atom is 0.357 e. The minimum atomic E-state index is -0.839. The van der Waals surface area contributed by atoms with Crippen LogP contribution in [0.4, 0.5) is 20.2 Å². The molecule has 0 saturated carbocycles. The summed E-state index contributed by atoms with van der Waals surface area (Å²) in [6.45, 7) is 2.75. The molecule has 1 aliphatic rings. The summed E-state index contributed by atoms with van der Waals surface area (Å²) >= 11 is 0. The van der Waals surface area contributed by atoms with Crippen molar-refractivity contribution in [2.45, 2.75) is 6.92 Å². The van der Waals surface area contributed by atoms with Crippen LogP contribution in [0.3, 0.4) is 0 Å². The highest BCUT2D eigenvalue weighted by Crippen LogP contribution is 2.30. The van der Waals surface area contributed by atoms with Crippen molar-refractivity contribution >= 4 is 23.3 Å². The number of anilines is 2. The smallest absolute Gasteiger partial charge is 0.357 e. The minimum absolute atomic E-state index is 0.0141. The first-order valence-corrected chi connectivity index (χ1v) is 8.77. The van der Waals surface area contributed by atoms with Gasteiger partial charge in [0.1, 0.15) is 11.8 Å². The maximum atomic E-state index is 14.9. The van der Waals surface area contributed by atoms with E-state index in [1.807, 2.05) is 6.07 Å². The van der Waals surface area contributed by atoms with Crippen molar-refractivity contribution in [3.05, 3.63) is 41.2 Å². The number of aromatic nitrogens is 1. The van der Waals surface area contributed by atoms with Gasteiger partial charge in [-0.25, -0.2) is 13.6 Å². The number of halogens is 2. The third kappa shape index (κ3) is 3.59. The normalized spacial score (nSPS) is 13.9. The third-order valence-electron chi connectivity index (χ3n) is 4.86.